The molecule has 2 aromatic rings. The van der Waals surface area contributed by atoms with Crippen molar-refractivity contribution in [2.75, 3.05) is 6.54 Å². The number of sulfonamides is 1. The largest absolute Gasteiger partial charge is 0.390 e. The third kappa shape index (κ3) is 3.20. The molecule has 0 aliphatic carbocycles. The summed E-state index contributed by atoms with van der Waals surface area (Å²) in [5.41, 5.74) is 0.179. The van der Waals surface area contributed by atoms with Crippen LogP contribution >= 0.6 is 0 Å². The zero-order valence-electron chi connectivity index (χ0n) is 9.40. The number of hydrogen-bond donors (Lipinski definition) is 2. The van der Waals surface area contributed by atoms with E-state index < -0.39 is 29.2 Å². The van der Waals surface area contributed by atoms with E-state index in [0.717, 1.165) is 0 Å². The van der Waals surface area contributed by atoms with Gasteiger partial charge in [-0.05, 0) is 12.1 Å². The van der Waals surface area contributed by atoms with E-state index in [9.17, 15) is 21.6 Å². The van der Waals surface area contributed by atoms with E-state index in [0.29, 0.717) is 0 Å². The van der Waals surface area contributed by atoms with Gasteiger partial charge in [-0.3, -0.25) is 5.10 Å². The summed E-state index contributed by atoms with van der Waals surface area (Å²) in [7, 11) is -4.07. The summed E-state index contributed by atoms with van der Waals surface area (Å²) in [6.45, 7) is -0.730. The summed E-state index contributed by atoms with van der Waals surface area (Å²) < 4.78 is 61.4. The molecule has 2 heterocycles. The van der Waals surface area contributed by atoms with E-state index in [1.165, 1.54) is 18.3 Å². The molecule has 10 heteroatoms. The SMILES string of the molecule is O=S(=O)(NCCC(F)(F)F)c1[nH]nc2ncccc12. The van der Waals surface area contributed by atoms with Crippen LogP contribution in [0, 0.1) is 0 Å². The molecule has 0 aromatic carbocycles. The van der Waals surface area contributed by atoms with Crippen LogP contribution in [0.2, 0.25) is 0 Å². The summed E-state index contributed by atoms with van der Waals surface area (Å²) in [5.74, 6) is 0. The highest BCUT2D eigenvalue weighted by Crippen LogP contribution is 2.20. The number of aromatic amines is 1. The van der Waals surface area contributed by atoms with E-state index >= 15 is 0 Å². The van der Waals surface area contributed by atoms with Crippen molar-refractivity contribution in [2.24, 2.45) is 0 Å². The van der Waals surface area contributed by atoms with E-state index in [4.69, 9.17) is 0 Å². The van der Waals surface area contributed by atoms with Gasteiger partial charge in [-0.25, -0.2) is 18.1 Å². The predicted octanol–water partition coefficient (Wildman–Crippen LogP) is 1.19. The number of H-pyrrole nitrogens is 1. The van der Waals surface area contributed by atoms with Gasteiger partial charge in [0.15, 0.2) is 10.7 Å². The fourth-order valence-electron chi connectivity index (χ4n) is 1.43. The normalized spacial score (nSPS) is 13.0. The molecule has 0 unspecified atom stereocenters. The van der Waals surface area contributed by atoms with Gasteiger partial charge in [0.2, 0.25) is 0 Å². The van der Waals surface area contributed by atoms with Crippen molar-refractivity contribution in [3.63, 3.8) is 0 Å². The lowest BCUT2D eigenvalue weighted by Gasteiger charge is -2.07. The number of aromatic nitrogens is 3. The second-order valence-corrected chi connectivity index (χ2v) is 5.39. The molecule has 2 rings (SSSR count). The van der Waals surface area contributed by atoms with Crippen LogP contribution in [-0.2, 0) is 10.0 Å². The lowest BCUT2D eigenvalue weighted by Crippen LogP contribution is -2.28. The summed E-state index contributed by atoms with van der Waals surface area (Å²) in [4.78, 5) is 3.82. The maximum atomic E-state index is 12.0. The van der Waals surface area contributed by atoms with Gasteiger partial charge in [0.25, 0.3) is 10.0 Å². The van der Waals surface area contributed by atoms with Gasteiger partial charge in [0, 0.05) is 12.7 Å². The van der Waals surface area contributed by atoms with Gasteiger partial charge in [0.1, 0.15) is 0 Å². The van der Waals surface area contributed by atoms with Gasteiger partial charge in [0.05, 0.1) is 11.8 Å². The fourth-order valence-corrected chi connectivity index (χ4v) is 2.56. The number of halogens is 3. The first-order valence-electron chi connectivity index (χ1n) is 5.15. The molecule has 104 valence electrons. The van der Waals surface area contributed by atoms with Crippen molar-refractivity contribution < 1.29 is 21.6 Å². The molecule has 0 radical (unpaired) electrons. The third-order valence-electron chi connectivity index (χ3n) is 2.26. The molecular weight excluding hydrogens is 285 g/mol. The Kier molecular flexibility index (Phi) is 3.45. The highest BCUT2D eigenvalue weighted by molar-refractivity contribution is 7.89. The summed E-state index contributed by atoms with van der Waals surface area (Å²) in [6.07, 6.45) is -4.23. The molecular formula is C9H9F3N4O2S. The Morgan fingerprint density at radius 2 is 2.11 bits per heavy atom. The van der Waals surface area contributed by atoms with Crippen molar-refractivity contribution in [3.05, 3.63) is 18.3 Å². The Labute approximate surface area is 106 Å². The molecule has 0 bridgehead atoms. The number of nitrogens with zero attached hydrogens (tertiary/aromatic N) is 2. The topological polar surface area (TPSA) is 87.7 Å². The van der Waals surface area contributed by atoms with Crippen LogP contribution in [0.1, 0.15) is 6.42 Å². The summed E-state index contributed by atoms with van der Waals surface area (Å²) >= 11 is 0. The first-order valence-corrected chi connectivity index (χ1v) is 6.63. The average molecular weight is 294 g/mol. The molecule has 6 nitrogen and oxygen atoms in total. The monoisotopic (exact) mass is 294 g/mol. The minimum atomic E-state index is -4.42. The van der Waals surface area contributed by atoms with E-state index in [1.807, 2.05) is 4.72 Å². The number of nitrogens with one attached hydrogen (secondary N) is 2. The first-order chi connectivity index (χ1) is 8.80. The minimum Gasteiger partial charge on any atom is -0.263 e. The Bertz CT molecular complexity index is 680. The molecule has 0 aliphatic rings. The third-order valence-corrected chi connectivity index (χ3v) is 3.70. The van der Waals surface area contributed by atoms with E-state index in [1.54, 1.807) is 0 Å². The molecule has 0 spiro atoms. The zero-order chi connectivity index (χ0) is 14.1. The number of rotatable bonds is 4. The first kappa shape index (κ1) is 13.7. The molecule has 0 saturated carbocycles. The standard InChI is InChI=1S/C9H9F3N4O2S/c10-9(11,12)3-5-14-19(17,18)8-6-2-1-4-13-7(6)15-16-8/h1-2,4,14H,3,5H2,(H,13,15,16). The average Bonchev–Trinajstić information content (AvgIpc) is 2.71. The van der Waals surface area contributed by atoms with Crippen LogP contribution in [0.25, 0.3) is 11.0 Å². The Morgan fingerprint density at radius 3 is 2.79 bits per heavy atom. The Hall–Kier alpha value is -1.68. The fraction of sp³-hybridized carbons (Fsp3) is 0.333. The van der Waals surface area contributed by atoms with Crippen molar-refractivity contribution in [1.29, 1.82) is 0 Å². The maximum Gasteiger partial charge on any atom is 0.390 e. The van der Waals surface area contributed by atoms with Crippen LogP contribution in [-0.4, -0.2) is 36.3 Å². The minimum absolute atomic E-state index is 0.179. The highest BCUT2D eigenvalue weighted by atomic mass is 32.2. The van der Waals surface area contributed by atoms with Gasteiger partial charge >= 0.3 is 6.18 Å². The number of fused-ring (bicyclic) bond motifs is 1. The molecule has 0 saturated heterocycles. The van der Waals surface area contributed by atoms with Gasteiger partial charge in [-0.1, -0.05) is 0 Å². The molecule has 0 amide bonds. The van der Waals surface area contributed by atoms with Crippen molar-refractivity contribution in [3.8, 4) is 0 Å². The maximum absolute atomic E-state index is 12.0. The smallest absolute Gasteiger partial charge is 0.263 e. The molecule has 2 N–H and O–H groups in total. The van der Waals surface area contributed by atoms with Crippen molar-refractivity contribution >= 4 is 21.1 Å². The van der Waals surface area contributed by atoms with Gasteiger partial charge in [-0.2, -0.15) is 18.3 Å². The van der Waals surface area contributed by atoms with Crippen molar-refractivity contribution in [2.45, 2.75) is 17.6 Å². The molecule has 0 fully saturated rings. The lowest BCUT2D eigenvalue weighted by atomic mass is 10.4. The van der Waals surface area contributed by atoms with Crippen LogP contribution < -0.4 is 4.72 Å². The van der Waals surface area contributed by atoms with Crippen LogP contribution in [0.3, 0.4) is 0 Å². The number of hydrogen-bond acceptors (Lipinski definition) is 4. The van der Waals surface area contributed by atoms with Crippen LogP contribution in [0.5, 0.6) is 0 Å². The number of alkyl halides is 3. The highest BCUT2D eigenvalue weighted by Gasteiger charge is 2.28. The molecule has 0 aliphatic heterocycles. The second-order valence-electron chi connectivity index (χ2n) is 3.69. The van der Waals surface area contributed by atoms with E-state index in [2.05, 4.69) is 15.2 Å². The van der Waals surface area contributed by atoms with Gasteiger partial charge in [-0.15, -0.1) is 0 Å². The Balaban J connectivity index is 2.20. The summed E-state index contributed by atoms with van der Waals surface area (Å²) in [6, 6.07) is 2.97. The predicted molar refractivity (Wildman–Crippen MR) is 59.7 cm³/mol. The number of pyridine rings is 1. The molecule has 2 aromatic heterocycles. The Morgan fingerprint density at radius 1 is 1.37 bits per heavy atom. The van der Waals surface area contributed by atoms with Crippen LogP contribution in [0.4, 0.5) is 13.2 Å². The van der Waals surface area contributed by atoms with E-state index in [-0.39, 0.29) is 16.1 Å². The molecule has 0 atom stereocenters. The van der Waals surface area contributed by atoms with Crippen molar-refractivity contribution in [1.82, 2.24) is 19.9 Å². The second kappa shape index (κ2) is 4.78. The van der Waals surface area contributed by atoms with Crippen LogP contribution in [0.15, 0.2) is 23.4 Å². The summed E-state index contributed by atoms with van der Waals surface area (Å²) in [5, 5.41) is 5.85. The molecule has 19 heavy (non-hydrogen) atoms. The quantitative estimate of drug-likeness (QED) is 0.886. The van der Waals surface area contributed by atoms with Gasteiger partial charge < -0.3 is 0 Å². The zero-order valence-corrected chi connectivity index (χ0v) is 10.2. The lowest BCUT2D eigenvalue weighted by molar-refractivity contribution is -0.132.